The van der Waals surface area contributed by atoms with Crippen molar-refractivity contribution in [2.45, 2.75) is 33.0 Å². The van der Waals surface area contributed by atoms with Gasteiger partial charge in [-0.1, -0.05) is 6.07 Å². The summed E-state index contributed by atoms with van der Waals surface area (Å²) in [6.07, 6.45) is -1.36. The van der Waals surface area contributed by atoms with E-state index in [4.69, 9.17) is 9.47 Å². The number of hydrogen-bond acceptors (Lipinski definition) is 6. The van der Waals surface area contributed by atoms with Gasteiger partial charge in [-0.05, 0) is 44.0 Å². The summed E-state index contributed by atoms with van der Waals surface area (Å²) in [5, 5.41) is 18.8. The zero-order valence-corrected chi connectivity index (χ0v) is 13.6. The normalized spacial score (nSPS) is 12.6. The lowest BCUT2D eigenvalue weighted by Gasteiger charge is -2.21. The van der Waals surface area contributed by atoms with Gasteiger partial charge in [0, 0.05) is 13.2 Å². The Kier molecular flexibility index (Phi) is 11.1. The maximum atomic E-state index is 10.2. The largest absolute Gasteiger partial charge is 0.497 e. The molecule has 0 bridgehead atoms. The molecule has 0 saturated heterocycles. The van der Waals surface area contributed by atoms with Gasteiger partial charge in [-0.2, -0.15) is 0 Å². The predicted octanol–water partition coefficient (Wildman–Crippen LogP) is 1.61. The van der Waals surface area contributed by atoms with Crippen LogP contribution in [0.25, 0.3) is 0 Å². The summed E-state index contributed by atoms with van der Waals surface area (Å²) in [6.45, 7) is 7.34. The molecule has 0 aromatic heterocycles. The molecule has 0 heterocycles. The predicted molar refractivity (Wildman–Crippen MR) is 82.9 cm³/mol. The van der Waals surface area contributed by atoms with Crippen LogP contribution >= 0.6 is 0 Å². The second-order valence-electron chi connectivity index (χ2n) is 4.42. The van der Waals surface area contributed by atoms with Crippen LogP contribution in [0.2, 0.25) is 0 Å². The van der Waals surface area contributed by atoms with E-state index in [0.717, 1.165) is 18.8 Å². The third-order valence-electron chi connectivity index (χ3n) is 3.02. The molecule has 126 valence electrons. The highest BCUT2D eigenvalue weighted by Crippen LogP contribution is 2.26. The van der Waals surface area contributed by atoms with Crippen molar-refractivity contribution in [2.24, 2.45) is 0 Å². The summed E-state index contributed by atoms with van der Waals surface area (Å²) in [4.78, 5) is 10.2. The third-order valence-corrected chi connectivity index (χ3v) is 3.02. The minimum atomic E-state index is -1.36. The number of rotatable bonds is 8. The lowest BCUT2D eigenvalue weighted by atomic mass is 9.94. The highest BCUT2D eigenvalue weighted by Gasteiger charge is 2.23. The van der Waals surface area contributed by atoms with Crippen molar-refractivity contribution in [2.75, 3.05) is 26.9 Å². The number of methoxy groups -OCH3 is 1. The van der Waals surface area contributed by atoms with E-state index < -0.39 is 12.2 Å². The molecule has 2 N–H and O–H groups in total. The quantitative estimate of drug-likeness (QED) is 0.560. The van der Waals surface area contributed by atoms with Gasteiger partial charge in [-0.15, -0.1) is 0 Å². The maximum absolute atomic E-state index is 10.2. The van der Waals surface area contributed by atoms with Crippen LogP contribution in [-0.2, 0) is 14.3 Å². The van der Waals surface area contributed by atoms with Gasteiger partial charge in [0.1, 0.15) is 5.75 Å². The fourth-order valence-corrected chi connectivity index (χ4v) is 1.89. The monoisotopic (exact) mass is 314 g/mol. The average molecular weight is 314 g/mol. The molecule has 22 heavy (non-hydrogen) atoms. The molecule has 2 unspecified atom stereocenters. The van der Waals surface area contributed by atoms with Gasteiger partial charge in [0.2, 0.25) is 6.29 Å². The van der Waals surface area contributed by atoms with E-state index in [1.54, 1.807) is 25.3 Å². The zero-order chi connectivity index (χ0) is 17.0. The van der Waals surface area contributed by atoms with Gasteiger partial charge < -0.3 is 24.4 Å². The smallest absolute Gasteiger partial charge is 0.295 e. The SMILES string of the molecule is CCOCC.COc1ccc(C(CO)C(O)OC=O)c(C)c1. The molecule has 0 saturated carbocycles. The van der Waals surface area contributed by atoms with Crippen LogP contribution in [0.1, 0.15) is 30.9 Å². The molecule has 1 rings (SSSR count). The van der Waals surface area contributed by atoms with E-state index in [1.807, 2.05) is 20.8 Å². The van der Waals surface area contributed by atoms with Crippen LogP contribution in [0.4, 0.5) is 0 Å². The number of hydrogen-bond donors (Lipinski definition) is 2. The van der Waals surface area contributed by atoms with Crippen molar-refractivity contribution in [3.63, 3.8) is 0 Å². The highest BCUT2D eigenvalue weighted by molar-refractivity contribution is 5.40. The maximum Gasteiger partial charge on any atom is 0.295 e. The summed E-state index contributed by atoms with van der Waals surface area (Å²) in [7, 11) is 1.56. The first-order valence-electron chi connectivity index (χ1n) is 7.15. The lowest BCUT2D eigenvalue weighted by molar-refractivity contribution is -0.157. The van der Waals surface area contributed by atoms with Crippen LogP contribution in [-0.4, -0.2) is 49.9 Å². The number of aliphatic hydroxyl groups excluding tert-OH is 2. The number of carbonyl (C=O) groups is 1. The minimum Gasteiger partial charge on any atom is -0.497 e. The Hall–Kier alpha value is -1.63. The lowest BCUT2D eigenvalue weighted by Crippen LogP contribution is -2.25. The van der Waals surface area contributed by atoms with E-state index in [-0.39, 0.29) is 13.1 Å². The molecule has 0 aliphatic heterocycles. The van der Waals surface area contributed by atoms with Crippen LogP contribution in [0.15, 0.2) is 18.2 Å². The standard InChI is InChI=1S/C12H16O5.C4H10O/c1-8-5-9(16-2)3-4-10(8)11(6-13)12(15)17-7-14;1-3-5-4-2/h3-5,7,11-13,15H,6H2,1-2H3;3-4H2,1-2H3. The Morgan fingerprint density at radius 3 is 2.27 bits per heavy atom. The topological polar surface area (TPSA) is 85.2 Å². The molecule has 0 amide bonds. The summed E-state index contributed by atoms with van der Waals surface area (Å²) in [5.41, 5.74) is 1.56. The van der Waals surface area contributed by atoms with Crippen molar-refractivity contribution >= 4 is 6.47 Å². The first-order valence-corrected chi connectivity index (χ1v) is 7.15. The van der Waals surface area contributed by atoms with Crippen molar-refractivity contribution < 1.29 is 29.2 Å². The van der Waals surface area contributed by atoms with Crippen molar-refractivity contribution in [1.82, 2.24) is 0 Å². The average Bonchev–Trinajstić information content (AvgIpc) is 2.51. The van der Waals surface area contributed by atoms with Gasteiger partial charge in [0.25, 0.3) is 6.47 Å². The Morgan fingerprint density at radius 1 is 1.27 bits per heavy atom. The number of aliphatic hydroxyl groups is 2. The highest BCUT2D eigenvalue weighted by atomic mass is 16.6. The van der Waals surface area contributed by atoms with Crippen molar-refractivity contribution in [3.8, 4) is 5.75 Å². The van der Waals surface area contributed by atoms with Gasteiger partial charge in [-0.25, -0.2) is 0 Å². The fourth-order valence-electron chi connectivity index (χ4n) is 1.89. The number of aryl methyl sites for hydroxylation is 1. The van der Waals surface area contributed by atoms with Gasteiger partial charge >= 0.3 is 0 Å². The van der Waals surface area contributed by atoms with E-state index in [9.17, 15) is 15.0 Å². The Labute approximate surface area is 131 Å². The Bertz CT molecular complexity index is 419. The molecule has 6 nitrogen and oxygen atoms in total. The summed E-state index contributed by atoms with van der Waals surface area (Å²) < 4.78 is 14.3. The zero-order valence-electron chi connectivity index (χ0n) is 13.6. The number of benzene rings is 1. The van der Waals surface area contributed by atoms with E-state index in [1.165, 1.54) is 0 Å². The van der Waals surface area contributed by atoms with Crippen molar-refractivity contribution in [1.29, 1.82) is 0 Å². The molecule has 0 aliphatic rings. The van der Waals surface area contributed by atoms with E-state index in [2.05, 4.69) is 4.74 Å². The van der Waals surface area contributed by atoms with Gasteiger partial charge in [0.15, 0.2) is 0 Å². The Balaban J connectivity index is 0.000000763. The second-order valence-corrected chi connectivity index (χ2v) is 4.42. The number of carbonyl (C=O) groups excluding carboxylic acids is 1. The molecular formula is C16H26O6. The summed E-state index contributed by atoms with van der Waals surface area (Å²) in [6, 6.07) is 5.23. The fraction of sp³-hybridized carbons (Fsp3) is 0.562. The first kappa shape index (κ1) is 20.4. The molecule has 6 heteroatoms. The molecule has 0 radical (unpaired) electrons. The van der Waals surface area contributed by atoms with Crippen LogP contribution in [0.3, 0.4) is 0 Å². The van der Waals surface area contributed by atoms with E-state index >= 15 is 0 Å². The molecule has 0 spiro atoms. The van der Waals surface area contributed by atoms with Crippen molar-refractivity contribution in [3.05, 3.63) is 29.3 Å². The van der Waals surface area contributed by atoms with E-state index in [0.29, 0.717) is 11.3 Å². The minimum absolute atomic E-state index is 0.159. The second kappa shape index (κ2) is 12.0. The first-order chi connectivity index (χ1) is 10.5. The summed E-state index contributed by atoms with van der Waals surface area (Å²) in [5.74, 6) is 0.0276. The Morgan fingerprint density at radius 2 is 1.91 bits per heavy atom. The van der Waals surface area contributed by atoms with Gasteiger partial charge in [-0.3, -0.25) is 4.79 Å². The third kappa shape index (κ3) is 6.89. The molecule has 2 atom stereocenters. The van der Waals surface area contributed by atoms with Gasteiger partial charge in [0.05, 0.1) is 19.6 Å². The molecule has 1 aromatic carbocycles. The molecular weight excluding hydrogens is 288 g/mol. The van der Waals surface area contributed by atoms with Crippen LogP contribution < -0.4 is 4.74 Å². The molecule has 0 aliphatic carbocycles. The summed E-state index contributed by atoms with van der Waals surface area (Å²) >= 11 is 0. The van der Waals surface area contributed by atoms with Crippen LogP contribution in [0, 0.1) is 6.92 Å². The molecule has 0 fully saturated rings. The molecule has 1 aromatic rings. The van der Waals surface area contributed by atoms with Crippen LogP contribution in [0.5, 0.6) is 5.75 Å². The number of ether oxygens (including phenoxy) is 3.